The highest BCUT2D eigenvalue weighted by Crippen LogP contribution is 2.40. The molecular formula is C25H25NO2. The normalized spacial score (nSPS) is 15.2. The van der Waals surface area contributed by atoms with Crippen LogP contribution < -0.4 is 0 Å². The Morgan fingerprint density at radius 2 is 1.79 bits per heavy atom. The van der Waals surface area contributed by atoms with Crippen molar-refractivity contribution in [2.45, 2.75) is 34.6 Å². The number of ketones is 1. The van der Waals surface area contributed by atoms with Crippen molar-refractivity contribution in [3.63, 3.8) is 0 Å². The zero-order chi connectivity index (χ0) is 21.2. The average molecular weight is 371 g/mol. The number of benzene rings is 1. The highest BCUT2D eigenvalue weighted by atomic mass is 16.3. The predicted octanol–water partition coefficient (Wildman–Crippen LogP) is 6.06. The lowest BCUT2D eigenvalue weighted by Crippen LogP contribution is -2.09. The third kappa shape index (κ3) is 3.97. The number of nitrogens with zero attached hydrogens (tertiary/aromatic N) is 1. The van der Waals surface area contributed by atoms with Crippen LogP contribution in [0.4, 0.5) is 0 Å². The molecule has 0 spiro atoms. The minimum Gasteiger partial charge on any atom is -0.507 e. The first-order valence-corrected chi connectivity index (χ1v) is 9.00. The van der Waals surface area contributed by atoms with Gasteiger partial charge in [0.1, 0.15) is 5.76 Å². The number of rotatable bonds is 4. The van der Waals surface area contributed by atoms with Crippen molar-refractivity contribution in [1.29, 1.82) is 5.26 Å². The summed E-state index contributed by atoms with van der Waals surface area (Å²) in [5.74, 6) is -0.0848. The first-order chi connectivity index (χ1) is 13.1. The van der Waals surface area contributed by atoms with Gasteiger partial charge in [0.25, 0.3) is 0 Å². The topological polar surface area (TPSA) is 61.1 Å². The van der Waals surface area contributed by atoms with Gasteiger partial charge in [-0.05, 0) is 86.2 Å². The zero-order valence-corrected chi connectivity index (χ0v) is 17.1. The molecular weight excluding hydrogens is 346 g/mol. The predicted molar refractivity (Wildman–Crippen MR) is 115 cm³/mol. The molecule has 28 heavy (non-hydrogen) atoms. The molecule has 1 aliphatic carbocycles. The van der Waals surface area contributed by atoms with Crippen molar-refractivity contribution in [2.24, 2.45) is 0 Å². The van der Waals surface area contributed by atoms with Crippen molar-refractivity contribution >= 4 is 11.4 Å². The maximum absolute atomic E-state index is 12.6. The molecule has 0 aliphatic heterocycles. The van der Waals surface area contributed by atoms with E-state index in [-0.39, 0.29) is 11.5 Å². The molecule has 0 atom stereocenters. The zero-order valence-electron chi connectivity index (χ0n) is 17.1. The fraction of sp³-hybridized carbons (Fsp3) is 0.200. The molecule has 3 heteroatoms. The maximum atomic E-state index is 12.6. The van der Waals surface area contributed by atoms with E-state index in [0.29, 0.717) is 33.4 Å². The van der Waals surface area contributed by atoms with Crippen LogP contribution in [0.2, 0.25) is 0 Å². The van der Waals surface area contributed by atoms with Crippen molar-refractivity contribution < 1.29 is 9.90 Å². The second-order valence-corrected chi connectivity index (χ2v) is 7.16. The lowest BCUT2D eigenvalue weighted by Gasteiger charge is -2.21. The molecule has 1 N–H and O–H groups in total. The number of Topliss-reactive ketones (excluding diaryl/α,β-unsaturated/α-hetero) is 1. The summed E-state index contributed by atoms with van der Waals surface area (Å²) < 4.78 is 0. The molecule has 0 amide bonds. The Kier molecular flexibility index (Phi) is 6.06. The molecule has 0 aromatic heterocycles. The van der Waals surface area contributed by atoms with E-state index in [4.69, 9.17) is 0 Å². The minimum atomic E-state index is -0.135. The molecule has 0 fully saturated rings. The number of aryl methyl sites for hydroxylation is 1. The maximum Gasteiger partial charge on any atom is 0.160 e. The first kappa shape index (κ1) is 20.9. The Labute approximate surface area is 167 Å². The second-order valence-electron chi connectivity index (χ2n) is 7.16. The van der Waals surface area contributed by atoms with Crippen LogP contribution in [-0.2, 0) is 4.79 Å². The number of allylic oxidation sites excluding steroid dienone is 8. The summed E-state index contributed by atoms with van der Waals surface area (Å²) in [4.78, 5) is 12.6. The Bertz CT molecular complexity index is 1050. The lowest BCUT2D eigenvalue weighted by atomic mass is 9.82. The summed E-state index contributed by atoms with van der Waals surface area (Å²) in [5.41, 5.74) is 6.92. The van der Waals surface area contributed by atoms with Gasteiger partial charge in [-0.15, -0.1) is 0 Å². The van der Waals surface area contributed by atoms with Gasteiger partial charge in [0.15, 0.2) is 5.78 Å². The van der Waals surface area contributed by atoms with Crippen LogP contribution in [0.25, 0.3) is 5.57 Å². The van der Waals surface area contributed by atoms with E-state index < -0.39 is 0 Å². The van der Waals surface area contributed by atoms with Crippen LogP contribution in [0.15, 0.2) is 82.7 Å². The van der Waals surface area contributed by atoms with E-state index in [2.05, 4.69) is 19.2 Å². The van der Waals surface area contributed by atoms with Gasteiger partial charge in [0.05, 0.1) is 11.6 Å². The van der Waals surface area contributed by atoms with E-state index >= 15 is 0 Å². The quantitative estimate of drug-likeness (QED) is 0.517. The van der Waals surface area contributed by atoms with Crippen LogP contribution in [-0.4, -0.2) is 10.9 Å². The molecule has 1 aliphatic rings. The molecule has 1 aromatic carbocycles. The van der Waals surface area contributed by atoms with Crippen molar-refractivity contribution in [2.75, 3.05) is 0 Å². The third-order valence-electron chi connectivity index (χ3n) is 4.85. The van der Waals surface area contributed by atoms with Gasteiger partial charge >= 0.3 is 0 Å². The summed E-state index contributed by atoms with van der Waals surface area (Å²) in [5, 5.41) is 20.1. The standard InChI is InChI=1S/C25H25NO2/c1-14(2)23(19(7)27)25(21-9-8-20(13-26)12-17(21)5)24-18(6)16(4)10-15(3)11-22(24)28/h8-12,28H,1,3H2,2,4-7H3/b25-23+. The van der Waals surface area contributed by atoms with Crippen LogP contribution >= 0.6 is 0 Å². The monoisotopic (exact) mass is 371 g/mol. The fourth-order valence-corrected chi connectivity index (χ4v) is 3.48. The average Bonchev–Trinajstić information content (AvgIpc) is 2.68. The van der Waals surface area contributed by atoms with Crippen LogP contribution in [0.1, 0.15) is 44.4 Å². The van der Waals surface area contributed by atoms with Gasteiger partial charge in [0.2, 0.25) is 0 Å². The largest absolute Gasteiger partial charge is 0.507 e. The summed E-state index contributed by atoms with van der Waals surface area (Å²) in [6.07, 6.45) is 3.50. The highest BCUT2D eigenvalue weighted by Gasteiger charge is 2.25. The SMILES string of the molecule is C=C1C=C(C)C(C)=C(/C(=C(\C(=C)C)C(C)=O)c2ccc(C#N)cc2C)C(O)=C1. The van der Waals surface area contributed by atoms with Crippen LogP contribution in [0.5, 0.6) is 0 Å². The minimum absolute atomic E-state index is 0.0503. The van der Waals surface area contributed by atoms with Crippen molar-refractivity contribution in [1.82, 2.24) is 0 Å². The molecule has 3 nitrogen and oxygen atoms in total. The van der Waals surface area contributed by atoms with Gasteiger partial charge < -0.3 is 5.11 Å². The number of carbonyl (C=O) groups is 1. The van der Waals surface area contributed by atoms with E-state index in [1.807, 2.05) is 32.9 Å². The Balaban J connectivity index is 3.05. The Morgan fingerprint density at radius 3 is 2.29 bits per heavy atom. The van der Waals surface area contributed by atoms with E-state index in [9.17, 15) is 15.2 Å². The van der Waals surface area contributed by atoms with Crippen molar-refractivity contribution in [3.05, 3.63) is 99.4 Å². The van der Waals surface area contributed by atoms with Gasteiger partial charge in [-0.2, -0.15) is 5.26 Å². The molecule has 2 rings (SSSR count). The van der Waals surface area contributed by atoms with Crippen LogP contribution in [0.3, 0.4) is 0 Å². The lowest BCUT2D eigenvalue weighted by molar-refractivity contribution is -0.113. The smallest absolute Gasteiger partial charge is 0.160 e. The summed E-state index contributed by atoms with van der Waals surface area (Å²) in [6.45, 7) is 17.0. The number of carbonyl (C=O) groups excluding carboxylic acids is 1. The molecule has 0 bridgehead atoms. The molecule has 0 unspecified atom stereocenters. The number of hydrogen-bond donors (Lipinski definition) is 1. The Hall–Kier alpha value is -3.38. The number of nitriles is 1. The molecule has 142 valence electrons. The van der Waals surface area contributed by atoms with Gasteiger partial charge in [-0.3, -0.25) is 4.79 Å². The highest BCUT2D eigenvalue weighted by molar-refractivity contribution is 6.09. The number of aliphatic hydroxyl groups is 1. The van der Waals surface area contributed by atoms with Gasteiger partial charge in [-0.1, -0.05) is 25.3 Å². The van der Waals surface area contributed by atoms with E-state index in [1.165, 1.54) is 6.92 Å². The molecule has 0 saturated heterocycles. The second kappa shape index (κ2) is 8.10. The number of hydrogen-bond acceptors (Lipinski definition) is 3. The number of aliphatic hydroxyl groups excluding tert-OH is 1. The fourth-order valence-electron chi connectivity index (χ4n) is 3.48. The summed E-state index contributed by atoms with van der Waals surface area (Å²) in [7, 11) is 0. The first-order valence-electron chi connectivity index (χ1n) is 9.00. The summed E-state index contributed by atoms with van der Waals surface area (Å²) >= 11 is 0. The Morgan fingerprint density at radius 1 is 1.14 bits per heavy atom. The molecule has 0 radical (unpaired) electrons. The molecule has 0 heterocycles. The summed E-state index contributed by atoms with van der Waals surface area (Å²) in [6, 6.07) is 7.45. The van der Waals surface area contributed by atoms with Gasteiger partial charge in [-0.25, -0.2) is 0 Å². The van der Waals surface area contributed by atoms with E-state index in [0.717, 1.165) is 22.3 Å². The van der Waals surface area contributed by atoms with E-state index in [1.54, 1.807) is 25.1 Å². The molecule has 0 saturated carbocycles. The van der Waals surface area contributed by atoms with Gasteiger partial charge in [0, 0.05) is 16.7 Å². The van der Waals surface area contributed by atoms with Crippen molar-refractivity contribution in [3.8, 4) is 6.07 Å². The van der Waals surface area contributed by atoms with Crippen LogP contribution in [0, 0.1) is 18.3 Å². The molecule has 1 aromatic rings. The third-order valence-corrected chi connectivity index (χ3v) is 4.85.